The van der Waals surface area contributed by atoms with Crippen molar-refractivity contribution < 1.29 is 0 Å². The van der Waals surface area contributed by atoms with Gasteiger partial charge in [-0.15, -0.1) is 0 Å². The molecule has 0 aliphatic rings. The summed E-state index contributed by atoms with van der Waals surface area (Å²) in [5, 5.41) is 3.34. The minimum absolute atomic E-state index is 0.765. The predicted molar refractivity (Wildman–Crippen MR) is 75.5 cm³/mol. The lowest BCUT2D eigenvalue weighted by Gasteiger charge is -2.06. The molecule has 0 amide bonds. The monoisotopic (exact) mass is 324 g/mol. The van der Waals surface area contributed by atoms with Crippen molar-refractivity contribution in [2.24, 2.45) is 0 Å². The van der Waals surface area contributed by atoms with Gasteiger partial charge in [0.15, 0.2) is 0 Å². The number of aromatic nitrogens is 1. The second-order valence-electron chi connectivity index (χ2n) is 3.69. The maximum atomic E-state index is 4.35. The summed E-state index contributed by atoms with van der Waals surface area (Å²) >= 11 is 2.30. The molecule has 1 aromatic heterocycles. The lowest BCUT2D eigenvalue weighted by atomic mass is 10.2. The van der Waals surface area contributed by atoms with Gasteiger partial charge < -0.3 is 5.32 Å². The summed E-state index contributed by atoms with van der Waals surface area (Å²) in [6.07, 6.45) is 1.89. The van der Waals surface area contributed by atoms with Gasteiger partial charge in [-0.05, 0) is 65.4 Å². The average molecular weight is 324 g/mol. The van der Waals surface area contributed by atoms with Crippen molar-refractivity contribution in [3.8, 4) is 0 Å². The van der Waals surface area contributed by atoms with E-state index in [0.29, 0.717) is 0 Å². The summed E-state index contributed by atoms with van der Waals surface area (Å²) in [4.78, 5) is 4.35. The summed E-state index contributed by atoms with van der Waals surface area (Å²) in [7, 11) is 0. The molecule has 2 rings (SSSR count). The van der Waals surface area contributed by atoms with Crippen LogP contribution in [0.4, 0.5) is 5.69 Å². The van der Waals surface area contributed by atoms with Crippen LogP contribution in [0, 0.1) is 10.5 Å². The highest BCUT2D eigenvalue weighted by Gasteiger charge is 1.95. The molecule has 0 saturated carbocycles. The Morgan fingerprint density at radius 1 is 1.12 bits per heavy atom. The minimum Gasteiger partial charge on any atom is -0.379 e. The zero-order valence-corrected chi connectivity index (χ0v) is 11.2. The molecule has 0 fully saturated rings. The van der Waals surface area contributed by atoms with E-state index in [9.17, 15) is 0 Å². The third kappa shape index (κ3) is 3.20. The molecule has 0 aliphatic heterocycles. The largest absolute Gasteiger partial charge is 0.379 e. The molecule has 0 spiro atoms. The molecule has 1 heterocycles. The molecular weight excluding hydrogens is 311 g/mol. The predicted octanol–water partition coefficient (Wildman–Crippen LogP) is 3.61. The quantitative estimate of drug-likeness (QED) is 0.873. The van der Waals surface area contributed by atoms with Crippen LogP contribution in [0.5, 0.6) is 0 Å². The molecule has 2 aromatic rings. The zero-order valence-electron chi connectivity index (χ0n) is 9.07. The highest BCUT2D eigenvalue weighted by Crippen LogP contribution is 2.12. The normalized spacial score (nSPS) is 10.1. The third-order valence-electron chi connectivity index (χ3n) is 2.29. The van der Waals surface area contributed by atoms with E-state index in [2.05, 4.69) is 69.3 Å². The number of hydrogen-bond donors (Lipinski definition) is 1. The first-order valence-electron chi connectivity index (χ1n) is 5.15. The number of nitrogens with one attached hydrogen (secondary N) is 1. The highest BCUT2D eigenvalue weighted by molar-refractivity contribution is 14.1. The van der Waals surface area contributed by atoms with Gasteiger partial charge in [0.25, 0.3) is 0 Å². The van der Waals surface area contributed by atoms with E-state index in [1.807, 2.05) is 13.1 Å². The van der Waals surface area contributed by atoms with E-state index < -0.39 is 0 Å². The SMILES string of the molecule is Cc1ccc(CNc2ccc(I)cc2)nc1. The molecule has 2 nitrogen and oxygen atoms in total. The van der Waals surface area contributed by atoms with Gasteiger partial charge in [0.2, 0.25) is 0 Å². The van der Waals surface area contributed by atoms with E-state index in [1.165, 1.54) is 9.13 Å². The van der Waals surface area contributed by atoms with Crippen LogP contribution >= 0.6 is 22.6 Å². The van der Waals surface area contributed by atoms with E-state index in [1.54, 1.807) is 0 Å². The van der Waals surface area contributed by atoms with E-state index in [4.69, 9.17) is 0 Å². The molecule has 0 aliphatic carbocycles. The Balaban J connectivity index is 1.97. The lowest BCUT2D eigenvalue weighted by Crippen LogP contribution is -2.01. The maximum Gasteiger partial charge on any atom is 0.0594 e. The van der Waals surface area contributed by atoms with Gasteiger partial charge in [0.1, 0.15) is 0 Å². The van der Waals surface area contributed by atoms with Gasteiger partial charge >= 0.3 is 0 Å². The average Bonchev–Trinajstić information content (AvgIpc) is 2.30. The Labute approximate surface area is 109 Å². The van der Waals surface area contributed by atoms with Crippen LogP contribution in [-0.2, 0) is 6.54 Å². The van der Waals surface area contributed by atoms with Crippen molar-refractivity contribution in [2.45, 2.75) is 13.5 Å². The number of aryl methyl sites for hydroxylation is 1. The molecule has 82 valence electrons. The second-order valence-corrected chi connectivity index (χ2v) is 4.93. The maximum absolute atomic E-state index is 4.35. The molecule has 0 radical (unpaired) electrons. The topological polar surface area (TPSA) is 24.9 Å². The number of rotatable bonds is 3. The van der Waals surface area contributed by atoms with Gasteiger partial charge in [-0.2, -0.15) is 0 Å². The van der Waals surface area contributed by atoms with Crippen LogP contribution in [0.2, 0.25) is 0 Å². The molecule has 3 heteroatoms. The van der Waals surface area contributed by atoms with Gasteiger partial charge in [-0.3, -0.25) is 4.98 Å². The van der Waals surface area contributed by atoms with Crippen molar-refractivity contribution in [2.75, 3.05) is 5.32 Å². The molecule has 0 atom stereocenters. The summed E-state index contributed by atoms with van der Waals surface area (Å²) in [6.45, 7) is 2.81. The smallest absolute Gasteiger partial charge is 0.0594 e. The summed E-state index contributed by atoms with van der Waals surface area (Å²) in [6, 6.07) is 12.5. The van der Waals surface area contributed by atoms with E-state index in [-0.39, 0.29) is 0 Å². The summed E-state index contributed by atoms with van der Waals surface area (Å²) in [5.74, 6) is 0. The Hall–Kier alpha value is -1.10. The fourth-order valence-electron chi connectivity index (χ4n) is 1.36. The molecule has 1 N–H and O–H groups in total. The highest BCUT2D eigenvalue weighted by atomic mass is 127. The van der Waals surface area contributed by atoms with Crippen LogP contribution in [0.3, 0.4) is 0 Å². The molecule has 0 saturated heterocycles. The van der Waals surface area contributed by atoms with E-state index in [0.717, 1.165) is 17.9 Å². The van der Waals surface area contributed by atoms with E-state index >= 15 is 0 Å². The molecule has 1 aromatic carbocycles. The van der Waals surface area contributed by atoms with Crippen LogP contribution < -0.4 is 5.32 Å². The van der Waals surface area contributed by atoms with Crippen molar-refractivity contribution in [1.82, 2.24) is 4.98 Å². The van der Waals surface area contributed by atoms with Crippen LogP contribution in [-0.4, -0.2) is 4.98 Å². The van der Waals surface area contributed by atoms with Crippen molar-refractivity contribution >= 4 is 28.3 Å². The number of halogens is 1. The zero-order chi connectivity index (χ0) is 11.4. The number of hydrogen-bond acceptors (Lipinski definition) is 2. The standard InChI is InChI=1S/C13H13IN2/c1-10-2-5-13(15-8-10)9-16-12-6-3-11(14)4-7-12/h2-8,16H,9H2,1H3. The van der Waals surface area contributed by atoms with Crippen LogP contribution in [0.25, 0.3) is 0 Å². The Kier molecular flexibility index (Phi) is 3.77. The fourth-order valence-corrected chi connectivity index (χ4v) is 1.72. The van der Waals surface area contributed by atoms with Crippen molar-refractivity contribution in [1.29, 1.82) is 0 Å². The summed E-state index contributed by atoms with van der Waals surface area (Å²) in [5.41, 5.74) is 3.38. The first kappa shape index (κ1) is 11.4. The fraction of sp³-hybridized carbons (Fsp3) is 0.154. The molecule has 0 unspecified atom stereocenters. The number of nitrogens with zero attached hydrogens (tertiary/aromatic N) is 1. The van der Waals surface area contributed by atoms with Crippen LogP contribution in [0.1, 0.15) is 11.3 Å². The lowest BCUT2D eigenvalue weighted by molar-refractivity contribution is 1.04. The van der Waals surface area contributed by atoms with Crippen molar-refractivity contribution in [3.05, 3.63) is 57.4 Å². The Morgan fingerprint density at radius 2 is 1.88 bits per heavy atom. The Bertz CT molecular complexity index is 403. The van der Waals surface area contributed by atoms with Gasteiger partial charge in [-0.25, -0.2) is 0 Å². The molecule has 16 heavy (non-hydrogen) atoms. The van der Waals surface area contributed by atoms with Gasteiger partial charge in [-0.1, -0.05) is 6.07 Å². The number of pyridine rings is 1. The second kappa shape index (κ2) is 5.30. The van der Waals surface area contributed by atoms with Gasteiger partial charge in [0, 0.05) is 15.5 Å². The van der Waals surface area contributed by atoms with Crippen molar-refractivity contribution in [3.63, 3.8) is 0 Å². The minimum atomic E-state index is 0.765. The number of benzene rings is 1. The Morgan fingerprint density at radius 3 is 2.50 bits per heavy atom. The molecular formula is C13H13IN2. The third-order valence-corrected chi connectivity index (χ3v) is 3.01. The van der Waals surface area contributed by atoms with Gasteiger partial charge in [0.05, 0.1) is 12.2 Å². The number of anilines is 1. The summed E-state index contributed by atoms with van der Waals surface area (Å²) < 4.78 is 1.25. The first-order valence-corrected chi connectivity index (χ1v) is 6.23. The first-order chi connectivity index (χ1) is 7.74. The molecule has 0 bridgehead atoms. The van der Waals surface area contributed by atoms with Crippen LogP contribution in [0.15, 0.2) is 42.6 Å².